The van der Waals surface area contributed by atoms with Gasteiger partial charge in [0.15, 0.2) is 0 Å². The van der Waals surface area contributed by atoms with E-state index in [0.29, 0.717) is 18.0 Å². The second-order valence-corrected chi connectivity index (χ2v) is 9.79. The number of piperazine rings is 1. The van der Waals surface area contributed by atoms with Gasteiger partial charge in [0.25, 0.3) is 0 Å². The van der Waals surface area contributed by atoms with Crippen LogP contribution in [0.5, 0.6) is 0 Å². The summed E-state index contributed by atoms with van der Waals surface area (Å²) in [5.74, 6) is -1.13. The Bertz CT molecular complexity index is 959. The summed E-state index contributed by atoms with van der Waals surface area (Å²) >= 11 is 0. The van der Waals surface area contributed by atoms with E-state index in [1.807, 2.05) is 0 Å². The van der Waals surface area contributed by atoms with Gasteiger partial charge in [-0.1, -0.05) is 26.0 Å². The van der Waals surface area contributed by atoms with Gasteiger partial charge in [0.1, 0.15) is 11.6 Å². The van der Waals surface area contributed by atoms with Crippen molar-refractivity contribution >= 4 is 11.6 Å². The fraction of sp³-hybridized carbons (Fsp3) is 0.519. The number of rotatable bonds is 11. The van der Waals surface area contributed by atoms with E-state index in [2.05, 4.69) is 52.9 Å². The van der Waals surface area contributed by atoms with Crippen molar-refractivity contribution in [3.63, 3.8) is 0 Å². The molecule has 2 aromatic carbocycles. The Morgan fingerprint density at radius 1 is 1.06 bits per heavy atom. The second kappa shape index (κ2) is 13.0. The molecular formula is C27H38F2N4O2. The number of carbonyl (C=O) groups is 1. The number of anilines is 1. The van der Waals surface area contributed by atoms with Gasteiger partial charge in [-0.25, -0.2) is 8.78 Å². The number of hydrogen-bond acceptors (Lipinski definition) is 5. The monoisotopic (exact) mass is 488 g/mol. The highest BCUT2D eigenvalue weighted by atomic mass is 19.1. The minimum absolute atomic E-state index is 0.118. The van der Waals surface area contributed by atoms with Gasteiger partial charge in [-0.15, -0.1) is 0 Å². The van der Waals surface area contributed by atoms with Crippen LogP contribution < -0.4 is 20.9 Å². The number of nitrogens with zero attached hydrogens (tertiary/aromatic N) is 1. The molecule has 6 nitrogen and oxygen atoms in total. The number of nitrogens with one attached hydrogen (secondary N) is 3. The maximum Gasteiger partial charge on any atom is 0.217 e. The summed E-state index contributed by atoms with van der Waals surface area (Å²) in [6, 6.07) is 9.18. The molecule has 1 saturated heterocycles. The highest BCUT2D eigenvalue weighted by molar-refractivity contribution is 5.73. The third-order valence-corrected chi connectivity index (χ3v) is 6.15. The van der Waals surface area contributed by atoms with E-state index in [0.717, 1.165) is 38.7 Å². The zero-order valence-electron chi connectivity index (χ0n) is 20.9. The van der Waals surface area contributed by atoms with Gasteiger partial charge in [0.2, 0.25) is 5.91 Å². The molecule has 0 aliphatic carbocycles. The third kappa shape index (κ3) is 8.56. The Labute approximate surface area is 207 Å². The zero-order valence-corrected chi connectivity index (χ0v) is 20.9. The molecule has 0 radical (unpaired) electrons. The molecule has 1 amide bonds. The molecule has 0 spiro atoms. The molecule has 1 fully saturated rings. The van der Waals surface area contributed by atoms with Crippen LogP contribution >= 0.6 is 0 Å². The van der Waals surface area contributed by atoms with Crippen LogP contribution in [0.15, 0.2) is 36.4 Å². The molecule has 1 aliphatic rings. The standard InChI is InChI=1S/C27H38F2N4O2/c1-18(2)10-20-4-5-26(33-8-6-30-7-9-33)22(11-20)16-31-17-27(35)25(32-19(3)34)14-21-12-23(28)15-24(29)13-21/h4-5,11-13,15,18,25,27,30-31,35H,6-10,14,16-17H2,1-3H3,(H,32,34). The lowest BCUT2D eigenvalue weighted by molar-refractivity contribution is -0.120. The van der Waals surface area contributed by atoms with Crippen molar-refractivity contribution in [2.75, 3.05) is 37.6 Å². The van der Waals surface area contributed by atoms with Crippen molar-refractivity contribution in [2.45, 2.75) is 52.3 Å². The SMILES string of the molecule is CC(=O)NC(Cc1cc(F)cc(F)c1)C(O)CNCc1cc(CC(C)C)ccc1N1CCNCC1. The van der Waals surface area contributed by atoms with E-state index in [1.54, 1.807) is 0 Å². The molecule has 4 N–H and O–H groups in total. The average Bonchev–Trinajstić information content (AvgIpc) is 2.78. The third-order valence-electron chi connectivity index (χ3n) is 6.15. The first-order valence-electron chi connectivity index (χ1n) is 12.4. The number of carbonyl (C=O) groups excluding carboxylic acids is 1. The number of aliphatic hydroxyl groups excluding tert-OH is 1. The lowest BCUT2D eigenvalue weighted by Gasteiger charge is -2.32. The largest absolute Gasteiger partial charge is 0.390 e. The number of halogens is 2. The minimum Gasteiger partial charge on any atom is -0.390 e. The predicted molar refractivity (Wildman–Crippen MR) is 135 cm³/mol. The Morgan fingerprint density at radius 3 is 2.37 bits per heavy atom. The molecule has 1 aliphatic heterocycles. The molecule has 3 rings (SSSR count). The maximum absolute atomic E-state index is 13.6. The Morgan fingerprint density at radius 2 is 1.74 bits per heavy atom. The van der Waals surface area contributed by atoms with Gasteiger partial charge in [-0.3, -0.25) is 4.79 Å². The van der Waals surface area contributed by atoms with Gasteiger partial charge in [0.05, 0.1) is 12.1 Å². The molecule has 8 heteroatoms. The van der Waals surface area contributed by atoms with Gasteiger partial charge in [-0.05, 0) is 53.6 Å². The van der Waals surface area contributed by atoms with Gasteiger partial charge >= 0.3 is 0 Å². The molecular weight excluding hydrogens is 450 g/mol. The summed E-state index contributed by atoms with van der Waals surface area (Å²) in [5, 5.41) is 20.3. The summed E-state index contributed by atoms with van der Waals surface area (Å²) in [6.45, 7) is 10.3. The quantitative estimate of drug-likeness (QED) is 0.391. The normalized spacial score (nSPS) is 15.8. The van der Waals surface area contributed by atoms with Crippen LogP contribution in [-0.4, -0.2) is 55.9 Å². The van der Waals surface area contributed by atoms with E-state index in [4.69, 9.17) is 0 Å². The molecule has 35 heavy (non-hydrogen) atoms. The lowest BCUT2D eigenvalue weighted by atomic mass is 9.98. The molecule has 0 bridgehead atoms. The van der Waals surface area contributed by atoms with E-state index in [-0.39, 0.29) is 18.9 Å². The van der Waals surface area contributed by atoms with Crippen molar-refractivity contribution in [2.24, 2.45) is 5.92 Å². The average molecular weight is 489 g/mol. The first-order chi connectivity index (χ1) is 16.7. The topological polar surface area (TPSA) is 76.6 Å². The first kappa shape index (κ1) is 27.0. The van der Waals surface area contributed by atoms with E-state index >= 15 is 0 Å². The number of hydrogen-bond donors (Lipinski definition) is 4. The zero-order chi connectivity index (χ0) is 25.4. The smallest absolute Gasteiger partial charge is 0.217 e. The van der Waals surface area contributed by atoms with Gasteiger partial charge in [0, 0.05) is 57.9 Å². The maximum atomic E-state index is 13.6. The van der Waals surface area contributed by atoms with Crippen LogP contribution in [0.25, 0.3) is 0 Å². The van der Waals surface area contributed by atoms with Crippen LogP contribution in [0.1, 0.15) is 37.5 Å². The summed E-state index contributed by atoms with van der Waals surface area (Å²) in [5.41, 5.74) is 4.01. The molecule has 2 atom stereocenters. The van der Waals surface area contributed by atoms with Crippen molar-refractivity contribution < 1.29 is 18.7 Å². The Balaban J connectivity index is 1.69. The molecule has 2 unspecified atom stereocenters. The van der Waals surface area contributed by atoms with Crippen LogP contribution in [0.2, 0.25) is 0 Å². The molecule has 0 aromatic heterocycles. The lowest BCUT2D eigenvalue weighted by Crippen LogP contribution is -2.48. The predicted octanol–water partition coefficient (Wildman–Crippen LogP) is 2.77. The van der Waals surface area contributed by atoms with E-state index in [9.17, 15) is 18.7 Å². The second-order valence-electron chi connectivity index (χ2n) is 9.79. The number of benzene rings is 2. The highest BCUT2D eigenvalue weighted by Gasteiger charge is 2.22. The molecule has 2 aromatic rings. The van der Waals surface area contributed by atoms with Gasteiger partial charge < -0.3 is 26.0 Å². The Hall–Kier alpha value is -2.55. The molecule has 1 heterocycles. The highest BCUT2D eigenvalue weighted by Crippen LogP contribution is 2.24. The van der Waals surface area contributed by atoms with Crippen molar-refractivity contribution in [3.05, 3.63) is 64.7 Å². The fourth-order valence-electron chi connectivity index (χ4n) is 4.62. The number of amides is 1. The minimum atomic E-state index is -0.938. The first-order valence-corrected chi connectivity index (χ1v) is 12.4. The molecule has 0 saturated carbocycles. The summed E-state index contributed by atoms with van der Waals surface area (Å²) in [6.07, 6.45) is 0.172. The van der Waals surface area contributed by atoms with Crippen LogP contribution in [0.3, 0.4) is 0 Å². The van der Waals surface area contributed by atoms with Crippen molar-refractivity contribution in [1.29, 1.82) is 0 Å². The summed E-state index contributed by atoms with van der Waals surface area (Å²) < 4.78 is 27.3. The summed E-state index contributed by atoms with van der Waals surface area (Å²) in [7, 11) is 0. The Kier molecular flexibility index (Phi) is 10.0. The van der Waals surface area contributed by atoms with Crippen molar-refractivity contribution in [3.8, 4) is 0 Å². The van der Waals surface area contributed by atoms with E-state index in [1.165, 1.54) is 35.9 Å². The summed E-state index contributed by atoms with van der Waals surface area (Å²) in [4.78, 5) is 14.1. The fourth-order valence-corrected chi connectivity index (χ4v) is 4.62. The molecule has 192 valence electrons. The van der Waals surface area contributed by atoms with Crippen LogP contribution in [-0.2, 0) is 24.2 Å². The van der Waals surface area contributed by atoms with E-state index < -0.39 is 23.8 Å². The number of aliphatic hydroxyl groups is 1. The van der Waals surface area contributed by atoms with Gasteiger partial charge in [-0.2, -0.15) is 0 Å². The van der Waals surface area contributed by atoms with Crippen LogP contribution in [0, 0.1) is 17.6 Å². The van der Waals surface area contributed by atoms with Crippen molar-refractivity contribution in [1.82, 2.24) is 16.0 Å². The van der Waals surface area contributed by atoms with Crippen LogP contribution in [0.4, 0.5) is 14.5 Å².